The van der Waals surface area contributed by atoms with Crippen LogP contribution in [0.5, 0.6) is 0 Å². The van der Waals surface area contributed by atoms with Crippen molar-refractivity contribution in [1.29, 1.82) is 0 Å². The van der Waals surface area contributed by atoms with Crippen LogP contribution in [0.2, 0.25) is 0 Å². The molecule has 0 aromatic carbocycles. The molecule has 110 valence electrons. The fraction of sp³-hybridized carbons (Fsp3) is 0.615. The maximum absolute atomic E-state index is 12.0. The van der Waals surface area contributed by atoms with Crippen molar-refractivity contribution in [3.8, 4) is 0 Å². The second-order valence-corrected chi connectivity index (χ2v) is 4.95. The Hall–Kier alpha value is -2.05. The van der Waals surface area contributed by atoms with E-state index in [-0.39, 0.29) is 18.6 Å². The van der Waals surface area contributed by atoms with Gasteiger partial charge < -0.3 is 15.3 Å². The molecule has 20 heavy (non-hydrogen) atoms. The van der Waals surface area contributed by atoms with Gasteiger partial charge in [0, 0.05) is 31.5 Å². The highest BCUT2D eigenvalue weighted by atomic mass is 16.4. The molecular formula is C13H20N4O3. The number of rotatable bonds is 5. The van der Waals surface area contributed by atoms with Gasteiger partial charge in [-0.2, -0.15) is 5.10 Å². The topological polar surface area (TPSA) is 87.5 Å². The Morgan fingerprint density at radius 1 is 1.40 bits per heavy atom. The first-order valence-electron chi connectivity index (χ1n) is 6.90. The minimum atomic E-state index is -1.02. The maximum Gasteiger partial charge on any atom is 0.323 e. The first kappa shape index (κ1) is 14.4. The molecule has 0 bridgehead atoms. The zero-order chi connectivity index (χ0) is 14.4. The van der Waals surface area contributed by atoms with E-state index in [4.69, 9.17) is 5.11 Å². The zero-order valence-electron chi connectivity index (χ0n) is 11.4. The molecule has 7 nitrogen and oxygen atoms in total. The summed E-state index contributed by atoms with van der Waals surface area (Å²) in [4.78, 5) is 24.3. The minimum Gasteiger partial charge on any atom is -0.480 e. The third-order valence-corrected chi connectivity index (χ3v) is 3.53. The van der Waals surface area contributed by atoms with E-state index < -0.39 is 5.97 Å². The van der Waals surface area contributed by atoms with Crippen molar-refractivity contribution in [3.05, 3.63) is 18.5 Å². The predicted octanol–water partition coefficient (Wildman–Crippen LogP) is 0.922. The summed E-state index contributed by atoms with van der Waals surface area (Å²) >= 11 is 0. The van der Waals surface area contributed by atoms with Gasteiger partial charge in [0.1, 0.15) is 6.54 Å². The van der Waals surface area contributed by atoms with Crippen molar-refractivity contribution in [1.82, 2.24) is 20.0 Å². The maximum atomic E-state index is 12.0. The van der Waals surface area contributed by atoms with Crippen LogP contribution in [0, 0.1) is 0 Å². The highest BCUT2D eigenvalue weighted by Crippen LogP contribution is 2.20. The summed E-state index contributed by atoms with van der Waals surface area (Å²) in [5.74, 6) is -1.02. The van der Waals surface area contributed by atoms with E-state index in [9.17, 15) is 9.59 Å². The van der Waals surface area contributed by atoms with Crippen LogP contribution in [0.3, 0.4) is 0 Å². The summed E-state index contributed by atoms with van der Waals surface area (Å²) in [5.41, 5.74) is 0. The SMILES string of the molecule is O=C(O)CNC(=O)N1CCCC[C@@H]1CCn1cccn1. The van der Waals surface area contributed by atoms with Gasteiger partial charge in [-0.25, -0.2) is 4.79 Å². The molecule has 0 unspecified atom stereocenters. The summed E-state index contributed by atoms with van der Waals surface area (Å²) in [6.07, 6.45) is 7.51. The molecule has 2 heterocycles. The summed E-state index contributed by atoms with van der Waals surface area (Å²) in [6.45, 7) is 1.12. The number of urea groups is 1. The second kappa shape index (κ2) is 6.93. The number of aliphatic carboxylic acids is 1. The molecule has 0 saturated carbocycles. The van der Waals surface area contributed by atoms with Crippen LogP contribution in [-0.4, -0.2) is 50.9 Å². The van der Waals surface area contributed by atoms with Crippen molar-refractivity contribution >= 4 is 12.0 Å². The Morgan fingerprint density at radius 3 is 2.95 bits per heavy atom. The highest BCUT2D eigenvalue weighted by Gasteiger charge is 2.26. The normalized spacial score (nSPS) is 18.8. The van der Waals surface area contributed by atoms with E-state index in [1.165, 1.54) is 0 Å². The van der Waals surface area contributed by atoms with E-state index in [2.05, 4.69) is 10.4 Å². The van der Waals surface area contributed by atoms with E-state index in [1.807, 2.05) is 16.9 Å². The van der Waals surface area contributed by atoms with Gasteiger partial charge in [-0.3, -0.25) is 9.48 Å². The predicted molar refractivity (Wildman–Crippen MR) is 72.2 cm³/mol. The Morgan fingerprint density at radius 2 is 2.25 bits per heavy atom. The van der Waals surface area contributed by atoms with Gasteiger partial charge in [-0.1, -0.05) is 0 Å². The number of hydrogen-bond acceptors (Lipinski definition) is 3. The van der Waals surface area contributed by atoms with Gasteiger partial charge in [-0.15, -0.1) is 0 Å². The summed E-state index contributed by atoms with van der Waals surface area (Å²) in [7, 11) is 0. The number of carbonyl (C=O) groups is 2. The van der Waals surface area contributed by atoms with Crippen LogP contribution >= 0.6 is 0 Å². The lowest BCUT2D eigenvalue weighted by atomic mass is 10.00. The fourth-order valence-corrected chi connectivity index (χ4v) is 2.53. The summed E-state index contributed by atoms with van der Waals surface area (Å²) < 4.78 is 1.85. The van der Waals surface area contributed by atoms with Crippen LogP contribution in [-0.2, 0) is 11.3 Å². The highest BCUT2D eigenvalue weighted by molar-refractivity contribution is 5.80. The fourth-order valence-electron chi connectivity index (χ4n) is 2.53. The molecule has 0 aliphatic carbocycles. The molecule has 1 aromatic rings. The smallest absolute Gasteiger partial charge is 0.323 e. The lowest BCUT2D eigenvalue weighted by Gasteiger charge is -2.35. The first-order chi connectivity index (χ1) is 9.66. The zero-order valence-corrected chi connectivity index (χ0v) is 11.4. The standard InChI is InChI=1S/C13H20N4O3/c18-12(19)10-14-13(20)17-8-2-1-4-11(17)5-9-16-7-3-6-15-16/h3,6-7,11H,1-2,4-5,8-10H2,(H,14,20)(H,18,19)/t11-/m1/s1. The molecule has 2 amide bonds. The average Bonchev–Trinajstić information content (AvgIpc) is 2.96. The van der Waals surface area contributed by atoms with Crippen LogP contribution in [0.25, 0.3) is 0 Å². The molecular weight excluding hydrogens is 260 g/mol. The number of piperidine rings is 1. The number of carbonyl (C=O) groups excluding carboxylic acids is 1. The number of carboxylic acid groups (broad SMARTS) is 1. The molecule has 1 aliphatic rings. The third kappa shape index (κ3) is 3.97. The van der Waals surface area contributed by atoms with Crippen molar-refractivity contribution in [2.75, 3.05) is 13.1 Å². The van der Waals surface area contributed by atoms with Gasteiger partial charge in [0.15, 0.2) is 0 Å². The molecule has 2 rings (SSSR count). The van der Waals surface area contributed by atoms with E-state index >= 15 is 0 Å². The summed E-state index contributed by atoms with van der Waals surface area (Å²) in [5, 5.41) is 15.2. The van der Waals surface area contributed by atoms with E-state index in [0.717, 1.165) is 32.2 Å². The molecule has 1 saturated heterocycles. The van der Waals surface area contributed by atoms with Crippen LogP contribution in [0.4, 0.5) is 4.79 Å². The Bertz CT molecular complexity index is 446. The van der Waals surface area contributed by atoms with Crippen LogP contribution < -0.4 is 5.32 Å². The molecule has 2 N–H and O–H groups in total. The molecule has 1 aromatic heterocycles. The molecule has 7 heteroatoms. The largest absolute Gasteiger partial charge is 0.480 e. The van der Waals surface area contributed by atoms with Crippen molar-refractivity contribution in [2.45, 2.75) is 38.3 Å². The number of likely N-dealkylation sites (tertiary alicyclic amines) is 1. The van der Waals surface area contributed by atoms with Gasteiger partial charge in [0.05, 0.1) is 0 Å². The number of amides is 2. The van der Waals surface area contributed by atoms with Crippen molar-refractivity contribution in [2.24, 2.45) is 0 Å². The number of nitrogens with zero attached hydrogens (tertiary/aromatic N) is 3. The molecule has 1 atom stereocenters. The van der Waals surface area contributed by atoms with Crippen LogP contribution in [0.15, 0.2) is 18.5 Å². The first-order valence-corrected chi connectivity index (χ1v) is 6.90. The lowest BCUT2D eigenvalue weighted by molar-refractivity contribution is -0.135. The second-order valence-electron chi connectivity index (χ2n) is 4.95. The monoisotopic (exact) mass is 280 g/mol. The average molecular weight is 280 g/mol. The van der Waals surface area contributed by atoms with Crippen molar-refractivity contribution < 1.29 is 14.7 Å². The Labute approximate surface area is 117 Å². The molecule has 0 radical (unpaired) electrons. The number of aryl methyl sites for hydroxylation is 1. The Balaban J connectivity index is 1.87. The van der Waals surface area contributed by atoms with Gasteiger partial charge in [-0.05, 0) is 31.7 Å². The number of hydrogen-bond donors (Lipinski definition) is 2. The van der Waals surface area contributed by atoms with Gasteiger partial charge in [0.25, 0.3) is 0 Å². The molecule has 1 aliphatic heterocycles. The third-order valence-electron chi connectivity index (χ3n) is 3.53. The van der Waals surface area contributed by atoms with E-state index in [1.54, 1.807) is 11.1 Å². The van der Waals surface area contributed by atoms with Gasteiger partial charge in [0.2, 0.25) is 0 Å². The number of aromatic nitrogens is 2. The van der Waals surface area contributed by atoms with Gasteiger partial charge >= 0.3 is 12.0 Å². The number of carboxylic acids is 1. The molecule has 0 spiro atoms. The number of nitrogens with one attached hydrogen (secondary N) is 1. The minimum absolute atomic E-state index is 0.154. The van der Waals surface area contributed by atoms with Crippen molar-refractivity contribution in [3.63, 3.8) is 0 Å². The summed E-state index contributed by atoms with van der Waals surface area (Å²) in [6, 6.07) is 1.75. The van der Waals surface area contributed by atoms with E-state index in [0.29, 0.717) is 6.54 Å². The lowest BCUT2D eigenvalue weighted by Crippen LogP contribution is -2.49. The quantitative estimate of drug-likeness (QED) is 0.839. The Kier molecular flexibility index (Phi) is 4.97. The molecule has 1 fully saturated rings. The van der Waals surface area contributed by atoms with Crippen LogP contribution in [0.1, 0.15) is 25.7 Å².